The number of unbranched alkanes of at least 4 members (excludes halogenated alkanes) is 5. The predicted octanol–water partition coefficient (Wildman–Crippen LogP) is 3.46. The highest BCUT2D eigenvalue weighted by Crippen LogP contribution is 2.08. The monoisotopic (exact) mass is 332 g/mol. The molecule has 5 nitrogen and oxygen atoms in total. The third-order valence-corrected chi connectivity index (χ3v) is 3.59. The molecule has 0 aliphatic heterocycles. The summed E-state index contributed by atoms with van der Waals surface area (Å²) >= 11 is 0. The molecule has 0 unspecified atom stereocenters. The van der Waals surface area contributed by atoms with E-state index in [2.05, 4.69) is 11.9 Å². The zero-order chi connectivity index (χ0) is 17.8. The first kappa shape index (κ1) is 19.7. The summed E-state index contributed by atoms with van der Waals surface area (Å²) in [5.41, 5.74) is 7.29. The number of carbonyl (C=O) groups excluding carboxylic acids is 2. The van der Waals surface area contributed by atoms with E-state index >= 15 is 0 Å². The average molecular weight is 332 g/mol. The number of ether oxygens (including phenoxy) is 1. The van der Waals surface area contributed by atoms with Crippen LogP contribution in [0.4, 0.5) is 5.69 Å². The molecule has 0 saturated carbocycles. The van der Waals surface area contributed by atoms with Gasteiger partial charge in [0.25, 0.3) is 5.91 Å². The molecule has 0 aromatic heterocycles. The molecular weight excluding hydrogens is 304 g/mol. The Hall–Kier alpha value is -2.30. The zero-order valence-corrected chi connectivity index (χ0v) is 14.5. The molecule has 0 radical (unpaired) electrons. The van der Waals surface area contributed by atoms with Crippen LogP contribution < -0.4 is 11.1 Å². The molecule has 1 aromatic rings. The first-order chi connectivity index (χ1) is 11.5. The minimum atomic E-state index is -0.314. The maximum absolute atomic E-state index is 11.9. The number of hydrogen-bond acceptors (Lipinski definition) is 4. The van der Waals surface area contributed by atoms with Gasteiger partial charge in [-0.2, -0.15) is 0 Å². The van der Waals surface area contributed by atoms with Crippen LogP contribution in [-0.4, -0.2) is 25.0 Å². The average Bonchev–Trinajstić information content (AvgIpc) is 2.55. The van der Waals surface area contributed by atoms with Crippen LogP contribution in [0.25, 0.3) is 0 Å². The Morgan fingerprint density at radius 1 is 1.12 bits per heavy atom. The fourth-order valence-electron chi connectivity index (χ4n) is 2.21. The molecule has 0 aliphatic carbocycles. The van der Waals surface area contributed by atoms with Gasteiger partial charge in [-0.05, 0) is 38.0 Å². The number of hydrogen-bond donors (Lipinski definition) is 2. The Labute approximate surface area is 144 Å². The van der Waals surface area contributed by atoms with Gasteiger partial charge in [-0.15, -0.1) is 0 Å². The lowest BCUT2D eigenvalue weighted by Crippen LogP contribution is -2.24. The molecule has 24 heavy (non-hydrogen) atoms. The summed E-state index contributed by atoms with van der Waals surface area (Å²) in [5, 5.41) is 2.90. The van der Waals surface area contributed by atoms with Gasteiger partial charge in [0, 0.05) is 23.4 Å². The molecule has 0 atom stereocenters. The molecule has 0 spiro atoms. The van der Waals surface area contributed by atoms with Gasteiger partial charge in [-0.3, -0.25) is 4.79 Å². The van der Waals surface area contributed by atoms with E-state index in [1.54, 1.807) is 31.2 Å². The molecule has 0 aliphatic rings. The molecule has 3 N–H and O–H groups in total. The van der Waals surface area contributed by atoms with E-state index in [0.717, 1.165) is 38.5 Å². The second-order valence-electron chi connectivity index (χ2n) is 5.92. The van der Waals surface area contributed by atoms with Crippen molar-refractivity contribution in [3.05, 3.63) is 42.0 Å². The number of nitrogen functional groups attached to an aromatic ring is 1. The van der Waals surface area contributed by atoms with Crippen LogP contribution in [0.1, 0.15) is 55.8 Å². The van der Waals surface area contributed by atoms with Gasteiger partial charge in [0.2, 0.25) is 0 Å². The second-order valence-corrected chi connectivity index (χ2v) is 5.92. The van der Waals surface area contributed by atoms with E-state index in [9.17, 15) is 9.59 Å². The largest absolute Gasteiger partial charge is 0.462 e. The van der Waals surface area contributed by atoms with Gasteiger partial charge in [-0.1, -0.05) is 38.3 Å². The third kappa shape index (κ3) is 8.36. The first-order valence-electron chi connectivity index (χ1n) is 8.47. The number of esters is 1. The van der Waals surface area contributed by atoms with Crippen molar-refractivity contribution in [3.63, 3.8) is 0 Å². The number of anilines is 1. The molecule has 0 bridgehead atoms. The first-order valence-corrected chi connectivity index (χ1v) is 8.47. The number of nitrogens with one attached hydrogen (secondary N) is 1. The summed E-state index contributed by atoms with van der Waals surface area (Å²) in [6, 6.07) is 6.97. The Morgan fingerprint density at radius 2 is 1.79 bits per heavy atom. The summed E-state index contributed by atoms with van der Waals surface area (Å²) in [4.78, 5) is 23.1. The molecular formula is C19H28N2O3. The van der Waals surface area contributed by atoms with Crippen LogP contribution in [0.5, 0.6) is 0 Å². The van der Waals surface area contributed by atoms with E-state index in [0.29, 0.717) is 30.0 Å². The van der Waals surface area contributed by atoms with Crippen LogP contribution in [0.3, 0.4) is 0 Å². The van der Waals surface area contributed by atoms with Gasteiger partial charge < -0.3 is 15.8 Å². The van der Waals surface area contributed by atoms with Crippen molar-refractivity contribution in [2.45, 2.75) is 45.4 Å². The van der Waals surface area contributed by atoms with Crippen LogP contribution in [-0.2, 0) is 9.53 Å². The Kier molecular flexibility index (Phi) is 9.27. The quantitative estimate of drug-likeness (QED) is 0.281. The van der Waals surface area contributed by atoms with Gasteiger partial charge in [-0.25, -0.2) is 4.79 Å². The van der Waals surface area contributed by atoms with E-state index in [-0.39, 0.29) is 11.9 Å². The SMILES string of the molecule is C=C(C)C(=O)OCCCCCCCCNC(=O)c1cccc(N)c1. The maximum atomic E-state index is 11.9. The lowest BCUT2D eigenvalue weighted by molar-refractivity contribution is -0.139. The van der Waals surface area contributed by atoms with Crippen LogP contribution in [0, 0.1) is 0 Å². The highest BCUT2D eigenvalue weighted by atomic mass is 16.5. The third-order valence-electron chi connectivity index (χ3n) is 3.59. The summed E-state index contributed by atoms with van der Waals surface area (Å²) in [7, 11) is 0. The molecule has 1 amide bonds. The summed E-state index contributed by atoms with van der Waals surface area (Å²) in [6.45, 7) is 6.31. The minimum absolute atomic E-state index is 0.0818. The van der Waals surface area contributed by atoms with Gasteiger partial charge in [0.15, 0.2) is 0 Å². The molecule has 0 heterocycles. The van der Waals surface area contributed by atoms with Crippen LogP contribution in [0.2, 0.25) is 0 Å². The van der Waals surface area contributed by atoms with Crippen molar-refractivity contribution in [2.24, 2.45) is 0 Å². The summed E-state index contributed by atoms with van der Waals surface area (Å²) < 4.78 is 5.03. The lowest BCUT2D eigenvalue weighted by atomic mass is 10.1. The fourth-order valence-corrected chi connectivity index (χ4v) is 2.21. The van der Waals surface area contributed by atoms with Crippen molar-refractivity contribution in [1.82, 2.24) is 5.32 Å². The Bertz CT molecular complexity index is 555. The van der Waals surface area contributed by atoms with Crippen molar-refractivity contribution in [1.29, 1.82) is 0 Å². The van der Waals surface area contributed by atoms with Gasteiger partial charge >= 0.3 is 5.97 Å². The number of rotatable bonds is 11. The van der Waals surface area contributed by atoms with Crippen molar-refractivity contribution in [2.75, 3.05) is 18.9 Å². The highest BCUT2D eigenvalue weighted by Gasteiger charge is 2.04. The maximum Gasteiger partial charge on any atom is 0.333 e. The Morgan fingerprint density at radius 3 is 2.46 bits per heavy atom. The van der Waals surface area contributed by atoms with Crippen molar-refractivity contribution < 1.29 is 14.3 Å². The molecule has 0 saturated heterocycles. The van der Waals surface area contributed by atoms with Crippen LogP contribution >= 0.6 is 0 Å². The topological polar surface area (TPSA) is 81.4 Å². The van der Waals surface area contributed by atoms with Gasteiger partial charge in [0.05, 0.1) is 6.61 Å². The van der Waals surface area contributed by atoms with Crippen LogP contribution in [0.15, 0.2) is 36.4 Å². The van der Waals surface area contributed by atoms with E-state index in [4.69, 9.17) is 10.5 Å². The van der Waals surface area contributed by atoms with E-state index < -0.39 is 0 Å². The number of carbonyl (C=O) groups is 2. The standard InChI is InChI=1S/C19H28N2O3/c1-15(2)19(23)24-13-8-6-4-3-5-7-12-21-18(22)16-10-9-11-17(20)14-16/h9-11,14H,1,3-8,12-13,20H2,2H3,(H,21,22). The molecule has 1 aromatic carbocycles. The normalized spacial score (nSPS) is 10.2. The van der Waals surface area contributed by atoms with Crippen molar-refractivity contribution >= 4 is 17.6 Å². The Balaban J connectivity index is 1.96. The van der Waals surface area contributed by atoms with Crippen molar-refractivity contribution in [3.8, 4) is 0 Å². The molecule has 132 valence electrons. The second kappa shape index (κ2) is 11.3. The summed E-state index contributed by atoms with van der Waals surface area (Å²) in [5.74, 6) is -0.396. The smallest absolute Gasteiger partial charge is 0.333 e. The fraction of sp³-hybridized carbons (Fsp3) is 0.474. The van der Waals surface area contributed by atoms with E-state index in [1.807, 2.05) is 0 Å². The number of amides is 1. The minimum Gasteiger partial charge on any atom is -0.462 e. The van der Waals surface area contributed by atoms with Gasteiger partial charge in [0.1, 0.15) is 0 Å². The molecule has 1 rings (SSSR count). The van der Waals surface area contributed by atoms with E-state index in [1.165, 1.54) is 0 Å². The number of nitrogens with two attached hydrogens (primary N) is 1. The molecule has 5 heteroatoms. The lowest BCUT2D eigenvalue weighted by Gasteiger charge is -2.06. The number of benzene rings is 1. The predicted molar refractivity (Wildman–Crippen MR) is 96.7 cm³/mol. The highest BCUT2D eigenvalue weighted by molar-refractivity contribution is 5.94. The molecule has 0 fully saturated rings. The zero-order valence-electron chi connectivity index (χ0n) is 14.5. The summed E-state index contributed by atoms with van der Waals surface area (Å²) in [6.07, 6.45) is 6.17.